The molecule has 0 aliphatic heterocycles. The van der Waals surface area contributed by atoms with Crippen molar-refractivity contribution in [2.24, 2.45) is 11.8 Å². The normalized spacial score (nSPS) is 11.1. The van der Waals surface area contributed by atoms with E-state index in [0.717, 1.165) is 17.4 Å². The lowest BCUT2D eigenvalue weighted by Crippen LogP contribution is -1.95. The van der Waals surface area contributed by atoms with Crippen molar-refractivity contribution in [3.05, 3.63) is 35.9 Å². The second-order valence-corrected chi connectivity index (χ2v) is 5.22. The minimum Gasteiger partial charge on any atom is -0.133 e. The molecule has 17 heavy (non-hydrogen) atoms. The first kappa shape index (κ1) is 16.2. The summed E-state index contributed by atoms with van der Waals surface area (Å²) in [7, 11) is -2.47. The smallest absolute Gasteiger partial charge is 0.133 e. The molecule has 96 valence electrons. The molecule has 1 atom stereocenters. The van der Waals surface area contributed by atoms with Gasteiger partial charge >= 0.3 is 8.25 Å². The predicted octanol–water partition coefficient (Wildman–Crippen LogP) is 4.15. The van der Waals surface area contributed by atoms with Crippen molar-refractivity contribution < 1.29 is 14.0 Å². The zero-order chi connectivity index (χ0) is 13.3. The Balaban J connectivity index is 0.000000366. The minimum absolute atomic E-state index is 0.187. The van der Waals surface area contributed by atoms with Gasteiger partial charge in [-0.2, -0.15) is 0 Å². The maximum atomic E-state index is 10.1. The molecule has 0 aliphatic carbocycles. The zero-order valence-corrected chi connectivity index (χ0v) is 11.9. The summed E-state index contributed by atoms with van der Waals surface area (Å²) >= 11 is 0. The zero-order valence-electron chi connectivity index (χ0n) is 11.0. The van der Waals surface area contributed by atoms with E-state index < -0.39 is 8.25 Å². The van der Waals surface area contributed by atoms with E-state index in [2.05, 4.69) is 32.2 Å². The molecule has 4 heteroatoms. The minimum atomic E-state index is -2.47. The fraction of sp³-hybridized carbons (Fsp3) is 0.538. The van der Waals surface area contributed by atoms with Gasteiger partial charge < -0.3 is 0 Å². The van der Waals surface area contributed by atoms with Gasteiger partial charge in [-0.25, -0.2) is 0 Å². The van der Waals surface area contributed by atoms with Gasteiger partial charge in [0.25, 0.3) is 0 Å². The quantitative estimate of drug-likeness (QED) is 0.824. The molecular weight excluding hydrogens is 235 g/mol. The van der Waals surface area contributed by atoms with Crippen LogP contribution in [0.1, 0.15) is 33.3 Å². The molecule has 0 amide bonds. The van der Waals surface area contributed by atoms with Crippen LogP contribution in [-0.2, 0) is 15.7 Å². The molecule has 3 nitrogen and oxygen atoms in total. The number of hydrogen-bond donors (Lipinski definition) is 1. The maximum Gasteiger partial charge on any atom is 0.695 e. The molecule has 0 saturated carbocycles. The molecule has 1 unspecified atom stereocenters. The first-order valence-corrected chi connectivity index (χ1v) is 6.89. The predicted molar refractivity (Wildman–Crippen MR) is 70.7 cm³/mol. The van der Waals surface area contributed by atoms with Crippen LogP contribution < -0.4 is 0 Å². The third kappa shape index (κ3) is 10.1. The van der Waals surface area contributed by atoms with Crippen molar-refractivity contribution in [2.45, 2.75) is 34.3 Å². The molecule has 0 heterocycles. The first-order valence-electron chi connectivity index (χ1n) is 5.76. The Morgan fingerprint density at radius 1 is 1.12 bits per heavy atom. The average molecular weight is 257 g/mol. The Hall–Kier alpha value is -0.760. The molecule has 1 N–H and O–H groups in total. The van der Waals surface area contributed by atoms with Crippen LogP contribution in [-0.4, -0.2) is 4.89 Å². The SMILES string of the molecule is CC(C)C(C)C.O=[P+](O)OCc1ccccc1. The fourth-order valence-corrected chi connectivity index (χ4v) is 0.964. The summed E-state index contributed by atoms with van der Waals surface area (Å²) in [5, 5.41) is 0. The van der Waals surface area contributed by atoms with E-state index in [1.54, 1.807) is 0 Å². The fourth-order valence-electron chi connectivity index (χ4n) is 0.704. The number of hydrogen-bond acceptors (Lipinski definition) is 2. The lowest BCUT2D eigenvalue weighted by Gasteiger charge is -2.05. The Kier molecular flexibility index (Phi) is 8.87. The standard InChI is InChI=1S/C7H7O3P.C6H14/c8-11(9)10-6-7-4-2-1-3-5-7;1-5(2)6(3)4/h1-5H,6H2;5-6H,1-4H3/p+1. The summed E-state index contributed by atoms with van der Waals surface area (Å²) < 4.78 is 14.6. The molecule has 0 aliphatic rings. The van der Waals surface area contributed by atoms with Gasteiger partial charge in [-0.3, -0.25) is 0 Å². The Labute approximate surface area is 105 Å². The monoisotopic (exact) mass is 257 g/mol. The maximum absolute atomic E-state index is 10.1. The van der Waals surface area contributed by atoms with Crippen LogP contribution in [0, 0.1) is 11.8 Å². The highest BCUT2D eigenvalue weighted by atomic mass is 31.1. The Bertz CT molecular complexity index is 304. The molecule has 0 aromatic heterocycles. The van der Waals surface area contributed by atoms with Crippen molar-refractivity contribution in [2.75, 3.05) is 0 Å². The van der Waals surface area contributed by atoms with Gasteiger partial charge in [-0.1, -0.05) is 58.0 Å². The van der Waals surface area contributed by atoms with Crippen LogP contribution >= 0.6 is 8.25 Å². The van der Waals surface area contributed by atoms with E-state index in [-0.39, 0.29) is 6.61 Å². The van der Waals surface area contributed by atoms with Gasteiger partial charge in [0.15, 0.2) is 0 Å². The number of rotatable bonds is 4. The largest absolute Gasteiger partial charge is 0.695 e. The molecule has 1 rings (SSSR count). The van der Waals surface area contributed by atoms with Gasteiger partial charge in [0.2, 0.25) is 0 Å². The van der Waals surface area contributed by atoms with E-state index in [0.29, 0.717) is 0 Å². The highest BCUT2D eigenvalue weighted by molar-refractivity contribution is 7.32. The molecule has 0 spiro atoms. The van der Waals surface area contributed by atoms with Crippen molar-refractivity contribution in [1.82, 2.24) is 0 Å². The molecule has 0 fully saturated rings. The number of benzene rings is 1. The van der Waals surface area contributed by atoms with Crippen molar-refractivity contribution in [1.29, 1.82) is 0 Å². The topological polar surface area (TPSA) is 46.5 Å². The molecular formula is C13H22O3P+. The van der Waals surface area contributed by atoms with E-state index in [1.165, 1.54) is 0 Å². The second kappa shape index (κ2) is 9.29. The van der Waals surface area contributed by atoms with E-state index in [1.807, 2.05) is 30.3 Å². The van der Waals surface area contributed by atoms with Crippen LogP contribution in [0.5, 0.6) is 0 Å². The van der Waals surface area contributed by atoms with Gasteiger partial charge in [0, 0.05) is 4.57 Å². The van der Waals surface area contributed by atoms with Crippen LogP contribution in [0.4, 0.5) is 0 Å². The van der Waals surface area contributed by atoms with Gasteiger partial charge in [0.1, 0.15) is 6.61 Å². The van der Waals surface area contributed by atoms with E-state index in [4.69, 9.17) is 4.89 Å². The average Bonchev–Trinajstić information content (AvgIpc) is 2.28. The van der Waals surface area contributed by atoms with Crippen molar-refractivity contribution >= 4 is 8.25 Å². The highest BCUT2D eigenvalue weighted by Gasteiger charge is 2.10. The van der Waals surface area contributed by atoms with Crippen molar-refractivity contribution in [3.8, 4) is 0 Å². The first-order chi connectivity index (χ1) is 7.93. The van der Waals surface area contributed by atoms with E-state index >= 15 is 0 Å². The summed E-state index contributed by atoms with van der Waals surface area (Å²) in [6.45, 7) is 9.15. The molecule has 1 aromatic rings. The van der Waals surface area contributed by atoms with Crippen molar-refractivity contribution in [3.63, 3.8) is 0 Å². The lowest BCUT2D eigenvalue weighted by molar-refractivity contribution is 0.272. The summed E-state index contributed by atoms with van der Waals surface area (Å²) in [4.78, 5) is 8.30. The molecule has 0 radical (unpaired) electrons. The van der Waals surface area contributed by atoms with Gasteiger partial charge in [-0.15, -0.1) is 9.42 Å². The molecule has 1 aromatic carbocycles. The summed E-state index contributed by atoms with van der Waals surface area (Å²) in [6.07, 6.45) is 0. The van der Waals surface area contributed by atoms with E-state index in [9.17, 15) is 4.57 Å². The van der Waals surface area contributed by atoms with Crippen LogP contribution in [0.3, 0.4) is 0 Å². The van der Waals surface area contributed by atoms with Crippen LogP contribution in [0.2, 0.25) is 0 Å². The Morgan fingerprint density at radius 3 is 1.94 bits per heavy atom. The van der Waals surface area contributed by atoms with Crippen LogP contribution in [0.15, 0.2) is 30.3 Å². The van der Waals surface area contributed by atoms with Crippen LogP contribution in [0.25, 0.3) is 0 Å². The summed E-state index contributed by atoms with van der Waals surface area (Å²) in [5.41, 5.74) is 0.893. The Morgan fingerprint density at radius 2 is 1.59 bits per heavy atom. The third-order valence-corrected chi connectivity index (χ3v) is 2.87. The third-order valence-electron chi connectivity index (χ3n) is 2.52. The van der Waals surface area contributed by atoms with Gasteiger partial charge in [-0.05, 0) is 17.4 Å². The summed E-state index contributed by atoms with van der Waals surface area (Å²) in [6, 6.07) is 9.24. The summed E-state index contributed by atoms with van der Waals surface area (Å²) in [5.74, 6) is 1.70. The highest BCUT2D eigenvalue weighted by Crippen LogP contribution is 2.17. The molecule has 0 saturated heterocycles. The molecule has 0 bridgehead atoms. The second-order valence-electron chi connectivity index (χ2n) is 4.48. The van der Waals surface area contributed by atoms with Gasteiger partial charge in [0.05, 0.1) is 0 Å². The lowest BCUT2D eigenvalue weighted by atomic mass is 10.0.